The van der Waals surface area contributed by atoms with E-state index in [1.165, 1.54) is 3.57 Å². The second kappa shape index (κ2) is 6.38. The number of aromatic nitrogens is 2. The van der Waals surface area contributed by atoms with Crippen molar-refractivity contribution in [3.8, 4) is 0 Å². The smallest absolute Gasteiger partial charge is 0.201 e. The number of benzene rings is 1. The van der Waals surface area contributed by atoms with E-state index in [4.69, 9.17) is 10.5 Å². The summed E-state index contributed by atoms with van der Waals surface area (Å²) >= 11 is 2.29. The molecule has 4 nitrogen and oxygen atoms in total. The van der Waals surface area contributed by atoms with Gasteiger partial charge in [0.15, 0.2) is 0 Å². The van der Waals surface area contributed by atoms with Gasteiger partial charge in [-0.1, -0.05) is 0 Å². The van der Waals surface area contributed by atoms with E-state index in [0.717, 1.165) is 43.4 Å². The molecule has 0 aliphatic carbocycles. The largest absolute Gasteiger partial charge is 0.385 e. The average Bonchev–Trinajstić information content (AvgIpc) is 2.64. The van der Waals surface area contributed by atoms with Gasteiger partial charge in [-0.05, 0) is 60.1 Å². The number of nitrogen functional groups attached to an aromatic ring is 1. The van der Waals surface area contributed by atoms with Crippen LogP contribution in [0.25, 0.3) is 11.0 Å². The summed E-state index contributed by atoms with van der Waals surface area (Å²) in [6.45, 7) is 1.75. The second-order valence-corrected chi connectivity index (χ2v) is 5.55. The summed E-state index contributed by atoms with van der Waals surface area (Å²) in [6.07, 6.45) is 3.35. The van der Waals surface area contributed by atoms with Crippen molar-refractivity contribution in [2.45, 2.75) is 25.8 Å². The Morgan fingerprint density at radius 3 is 2.94 bits per heavy atom. The molecule has 5 heteroatoms. The normalized spacial score (nSPS) is 11.2. The average molecular weight is 359 g/mol. The zero-order valence-corrected chi connectivity index (χ0v) is 12.7. The molecule has 0 aliphatic rings. The van der Waals surface area contributed by atoms with Gasteiger partial charge in [-0.15, -0.1) is 0 Å². The molecule has 1 heterocycles. The van der Waals surface area contributed by atoms with Gasteiger partial charge < -0.3 is 15.0 Å². The van der Waals surface area contributed by atoms with E-state index >= 15 is 0 Å². The fraction of sp³-hybridized carbons (Fsp3) is 0.462. The van der Waals surface area contributed by atoms with E-state index in [1.807, 2.05) is 0 Å². The minimum Gasteiger partial charge on any atom is -0.385 e. The van der Waals surface area contributed by atoms with Crippen LogP contribution in [0.2, 0.25) is 0 Å². The minimum absolute atomic E-state index is 0.610. The Morgan fingerprint density at radius 1 is 1.33 bits per heavy atom. The Kier molecular flexibility index (Phi) is 4.82. The number of hydrogen-bond donors (Lipinski definition) is 1. The molecule has 2 aromatic rings. The van der Waals surface area contributed by atoms with Crippen LogP contribution in [0.15, 0.2) is 18.2 Å². The molecular weight excluding hydrogens is 341 g/mol. The number of halogens is 1. The van der Waals surface area contributed by atoms with Gasteiger partial charge in [-0.3, -0.25) is 0 Å². The van der Waals surface area contributed by atoms with E-state index in [2.05, 4.69) is 50.3 Å². The number of aryl methyl sites for hydroxylation is 1. The minimum atomic E-state index is 0.610. The number of rotatable bonds is 6. The fourth-order valence-corrected chi connectivity index (χ4v) is 2.52. The van der Waals surface area contributed by atoms with Crippen LogP contribution in [-0.4, -0.2) is 23.3 Å². The lowest BCUT2D eigenvalue weighted by molar-refractivity contribution is 0.191. The summed E-state index contributed by atoms with van der Waals surface area (Å²) in [5.74, 6) is 0.610. The number of anilines is 1. The Bertz CT molecular complexity index is 524. The van der Waals surface area contributed by atoms with Crippen molar-refractivity contribution in [2.24, 2.45) is 0 Å². The van der Waals surface area contributed by atoms with Crippen molar-refractivity contribution >= 4 is 39.6 Å². The molecule has 0 spiro atoms. The molecule has 0 radical (unpaired) electrons. The molecule has 98 valence electrons. The summed E-state index contributed by atoms with van der Waals surface area (Å²) in [7, 11) is 1.74. The second-order valence-electron chi connectivity index (χ2n) is 4.31. The number of methoxy groups -OCH3 is 1. The number of imidazole rings is 1. The van der Waals surface area contributed by atoms with Crippen LogP contribution in [0.4, 0.5) is 5.95 Å². The fourth-order valence-electron chi connectivity index (χ4n) is 2.05. The number of nitrogens with zero attached hydrogens (tertiary/aromatic N) is 2. The van der Waals surface area contributed by atoms with Gasteiger partial charge in [0.25, 0.3) is 0 Å². The molecule has 0 fully saturated rings. The third-order valence-corrected chi connectivity index (χ3v) is 3.64. The molecule has 0 saturated heterocycles. The summed E-state index contributed by atoms with van der Waals surface area (Å²) in [4.78, 5) is 4.40. The van der Waals surface area contributed by atoms with Crippen molar-refractivity contribution in [2.75, 3.05) is 19.5 Å². The maximum absolute atomic E-state index is 5.97. The lowest BCUT2D eigenvalue weighted by atomic mass is 10.2. The zero-order valence-electron chi connectivity index (χ0n) is 10.5. The van der Waals surface area contributed by atoms with E-state index in [0.29, 0.717) is 5.95 Å². The van der Waals surface area contributed by atoms with Crippen LogP contribution in [-0.2, 0) is 11.3 Å². The topological polar surface area (TPSA) is 53.1 Å². The monoisotopic (exact) mass is 359 g/mol. The highest BCUT2D eigenvalue weighted by atomic mass is 127. The van der Waals surface area contributed by atoms with Gasteiger partial charge in [-0.25, -0.2) is 4.98 Å². The van der Waals surface area contributed by atoms with Gasteiger partial charge >= 0.3 is 0 Å². The third kappa shape index (κ3) is 3.14. The van der Waals surface area contributed by atoms with Crippen molar-refractivity contribution in [3.05, 3.63) is 21.8 Å². The first-order chi connectivity index (χ1) is 8.72. The van der Waals surface area contributed by atoms with Crippen molar-refractivity contribution < 1.29 is 4.74 Å². The van der Waals surface area contributed by atoms with Crippen molar-refractivity contribution in [1.82, 2.24) is 9.55 Å². The lowest BCUT2D eigenvalue weighted by Gasteiger charge is -2.06. The number of unbranched alkanes of at least 4 members (excludes halogenated alkanes) is 2. The van der Waals surface area contributed by atoms with Crippen LogP contribution in [0.3, 0.4) is 0 Å². The van der Waals surface area contributed by atoms with Gasteiger partial charge in [0.2, 0.25) is 5.95 Å². The molecule has 0 amide bonds. The first-order valence-electron chi connectivity index (χ1n) is 6.12. The van der Waals surface area contributed by atoms with Gasteiger partial charge in [0.1, 0.15) is 0 Å². The maximum Gasteiger partial charge on any atom is 0.201 e. The predicted molar refractivity (Wildman–Crippen MR) is 82.6 cm³/mol. The standard InChI is InChI=1S/C13H18IN3O/c1-18-8-4-2-3-7-17-12-6-5-10(14)9-11(12)16-13(17)15/h5-6,9H,2-4,7-8H2,1H3,(H2,15,16). The van der Waals surface area contributed by atoms with E-state index < -0.39 is 0 Å². The predicted octanol–water partition coefficient (Wildman–Crippen LogP) is 3.04. The molecule has 18 heavy (non-hydrogen) atoms. The zero-order chi connectivity index (χ0) is 13.0. The van der Waals surface area contributed by atoms with Crippen LogP contribution in [0.1, 0.15) is 19.3 Å². The van der Waals surface area contributed by atoms with Crippen LogP contribution >= 0.6 is 22.6 Å². The number of fused-ring (bicyclic) bond motifs is 1. The van der Waals surface area contributed by atoms with Crippen molar-refractivity contribution in [3.63, 3.8) is 0 Å². The van der Waals surface area contributed by atoms with E-state index in [1.54, 1.807) is 7.11 Å². The molecule has 0 saturated carbocycles. The van der Waals surface area contributed by atoms with Crippen molar-refractivity contribution in [1.29, 1.82) is 0 Å². The van der Waals surface area contributed by atoms with Gasteiger partial charge in [-0.2, -0.15) is 0 Å². The molecule has 0 bridgehead atoms. The highest BCUT2D eigenvalue weighted by Crippen LogP contribution is 2.20. The molecular formula is C13H18IN3O. The summed E-state index contributed by atoms with van der Waals surface area (Å²) < 4.78 is 8.32. The van der Waals surface area contributed by atoms with E-state index in [-0.39, 0.29) is 0 Å². The van der Waals surface area contributed by atoms with Crippen LogP contribution < -0.4 is 5.73 Å². The third-order valence-electron chi connectivity index (χ3n) is 2.97. The van der Waals surface area contributed by atoms with E-state index in [9.17, 15) is 0 Å². The summed E-state index contributed by atoms with van der Waals surface area (Å²) in [5.41, 5.74) is 8.08. The highest BCUT2D eigenvalue weighted by Gasteiger charge is 2.07. The lowest BCUT2D eigenvalue weighted by Crippen LogP contribution is -2.03. The first kappa shape index (κ1) is 13.6. The number of hydrogen-bond acceptors (Lipinski definition) is 3. The SMILES string of the molecule is COCCCCCn1c(N)nc2cc(I)ccc21. The van der Waals surface area contributed by atoms with Crippen LogP contribution in [0, 0.1) is 3.57 Å². The molecule has 0 atom stereocenters. The molecule has 2 N–H and O–H groups in total. The molecule has 0 aliphatic heterocycles. The summed E-state index contributed by atoms with van der Waals surface area (Å²) in [5, 5.41) is 0. The first-order valence-corrected chi connectivity index (χ1v) is 7.20. The Hall–Kier alpha value is -0.820. The Morgan fingerprint density at radius 2 is 2.17 bits per heavy atom. The Balaban J connectivity index is 2.05. The van der Waals surface area contributed by atoms with Gasteiger partial charge in [0, 0.05) is 23.8 Å². The summed E-state index contributed by atoms with van der Waals surface area (Å²) in [6, 6.07) is 6.24. The molecule has 1 aromatic carbocycles. The number of ether oxygens (including phenoxy) is 1. The maximum atomic E-state index is 5.97. The van der Waals surface area contributed by atoms with Gasteiger partial charge in [0.05, 0.1) is 11.0 Å². The number of nitrogens with two attached hydrogens (primary N) is 1. The highest BCUT2D eigenvalue weighted by molar-refractivity contribution is 14.1. The molecule has 0 unspecified atom stereocenters. The quantitative estimate of drug-likeness (QED) is 0.637. The van der Waals surface area contributed by atoms with Crippen LogP contribution in [0.5, 0.6) is 0 Å². The molecule has 1 aromatic heterocycles. The Labute approximate surface area is 121 Å². The molecule has 2 rings (SSSR count).